The lowest BCUT2D eigenvalue weighted by atomic mass is 10.1. The van der Waals surface area contributed by atoms with Crippen molar-refractivity contribution in [2.75, 3.05) is 32.0 Å². The van der Waals surface area contributed by atoms with Gasteiger partial charge in [0, 0.05) is 31.9 Å². The maximum Gasteiger partial charge on any atom is 0.322 e. The lowest BCUT2D eigenvalue weighted by Crippen LogP contribution is -2.51. The van der Waals surface area contributed by atoms with Crippen molar-refractivity contribution in [3.8, 4) is 0 Å². The summed E-state index contributed by atoms with van der Waals surface area (Å²) < 4.78 is 0. The predicted molar refractivity (Wildman–Crippen MR) is 77.3 cm³/mol. The molecule has 6 nitrogen and oxygen atoms in total. The molecule has 1 aromatic carbocycles. The number of anilines is 1. The van der Waals surface area contributed by atoms with E-state index in [0.717, 1.165) is 5.56 Å². The van der Waals surface area contributed by atoms with Gasteiger partial charge in [-0.15, -0.1) is 0 Å². The molecule has 0 radical (unpaired) electrons. The Bertz CT molecular complexity index is 498. The van der Waals surface area contributed by atoms with Gasteiger partial charge in [-0.25, -0.2) is 4.79 Å². The number of hydrogen-bond donors (Lipinski definition) is 2. The standard InChI is InChI=1S/C14H20N4O2/c1-10(15)11-3-5-12(6-4-11)16-14(20)18-8-7-17(2)13(19)9-18/h3-6,10H,7-9,15H2,1-2H3,(H,16,20). The Morgan fingerprint density at radius 3 is 2.50 bits per heavy atom. The molecule has 0 bridgehead atoms. The summed E-state index contributed by atoms with van der Waals surface area (Å²) >= 11 is 0. The zero-order valence-electron chi connectivity index (χ0n) is 11.8. The fraction of sp³-hybridized carbons (Fsp3) is 0.429. The van der Waals surface area contributed by atoms with E-state index in [9.17, 15) is 9.59 Å². The second kappa shape index (κ2) is 5.92. The van der Waals surface area contributed by atoms with Crippen LogP contribution in [-0.4, -0.2) is 48.4 Å². The van der Waals surface area contributed by atoms with E-state index in [1.165, 1.54) is 4.90 Å². The highest BCUT2D eigenvalue weighted by atomic mass is 16.2. The molecular weight excluding hydrogens is 256 g/mol. The summed E-state index contributed by atoms with van der Waals surface area (Å²) in [7, 11) is 1.74. The smallest absolute Gasteiger partial charge is 0.322 e. The first-order valence-corrected chi connectivity index (χ1v) is 6.63. The average molecular weight is 276 g/mol. The largest absolute Gasteiger partial charge is 0.342 e. The molecular formula is C14H20N4O2. The first-order chi connectivity index (χ1) is 9.47. The van der Waals surface area contributed by atoms with E-state index in [0.29, 0.717) is 18.8 Å². The third kappa shape index (κ3) is 3.27. The molecule has 1 saturated heterocycles. The number of likely N-dealkylation sites (N-methyl/N-ethyl adjacent to an activating group) is 1. The second-order valence-electron chi connectivity index (χ2n) is 5.08. The summed E-state index contributed by atoms with van der Waals surface area (Å²) in [6, 6.07) is 7.11. The minimum absolute atomic E-state index is 0.0324. The number of rotatable bonds is 2. The van der Waals surface area contributed by atoms with Crippen molar-refractivity contribution in [2.24, 2.45) is 5.73 Å². The molecule has 3 N–H and O–H groups in total. The molecule has 0 spiro atoms. The van der Waals surface area contributed by atoms with E-state index in [2.05, 4.69) is 5.32 Å². The van der Waals surface area contributed by atoms with Gasteiger partial charge in [-0.2, -0.15) is 0 Å². The summed E-state index contributed by atoms with van der Waals surface area (Å²) in [6.07, 6.45) is 0. The number of nitrogens with two attached hydrogens (primary N) is 1. The van der Waals surface area contributed by atoms with Crippen molar-refractivity contribution in [1.29, 1.82) is 0 Å². The highest BCUT2D eigenvalue weighted by Crippen LogP contribution is 2.15. The summed E-state index contributed by atoms with van der Waals surface area (Å²) in [4.78, 5) is 26.8. The fourth-order valence-corrected chi connectivity index (χ4v) is 2.00. The van der Waals surface area contributed by atoms with E-state index < -0.39 is 0 Å². The van der Waals surface area contributed by atoms with Crippen LogP contribution in [0.1, 0.15) is 18.5 Å². The molecule has 0 aromatic heterocycles. The van der Waals surface area contributed by atoms with Gasteiger partial charge >= 0.3 is 6.03 Å². The molecule has 6 heteroatoms. The molecule has 0 aliphatic carbocycles. The maximum atomic E-state index is 12.1. The number of carbonyl (C=O) groups excluding carboxylic acids is 2. The molecule has 1 aliphatic heterocycles. The molecule has 1 atom stereocenters. The van der Waals surface area contributed by atoms with Crippen LogP contribution >= 0.6 is 0 Å². The Morgan fingerprint density at radius 2 is 1.95 bits per heavy atom. The van der Waals surface area contributed by atoms with Crippen molar-refractivity contribution in [1.82, 2.24) is 9.80 Å². The van der Waals surface area contributed by atoms with Gasteiger partial charge in [0.05, 0.1) is 0 Å². The van der Waals surface area contributed by atoms with Crippen molar-refractivity contribution >= 4 is 17.6 Å². The van der Waals surface area contributed by atoms with Crippen LogP contribution in [0.4, 0.5) is 10.5 Å². The van der Waals surface area contributed by atoms with Gasteiger partial charge in [0.15, 0.2) is 0 Å². The minimum atomic E-state index is -0.250. The molecule has 1 aliphatic rings. The molecule has 1 unspecified atom stereocenters. The number of benzene rings is 1. The molecule has 3 amide bonds. The van der Waals surface area contributed by atoms with Crippen LogP contribution in [0, 0.1) is 0 Å². The lowest BCUT2D eigenvalue weighted by molar-refractivity contribution is -0.133. The van der Waals surface area contributed by atoms with Gasteiger partial charge in [0.2, 0.25) is 5.91 Å². The van der Waals surface area contributed by atoms with Crippen LogP contribution in [0.15, 0.2) is 24.3 Å². The van der Waals surface area contributed by atoms with Gasteiger partial charge in [0.25, 0.3) is 0 Å². The number of hydrogen-bond acceptors (Lipinski definition) is 3. The molecule has 2 rings (SSSR count). The number of nitrogens with zero attached hydrogens (tertiary/aromatic N) is 2. The minimum Gasteiger partial charge on any atom is -0.342 e. The number of amides is 3. The third-order valence-electron chi connectivity index (χ3n) is 3.43. The Morgan fingerprint density at radius 1 is 1.30 bits per heavy atom. The zero-order chi connectivity index (χ0) is 14.7. The normalized spacial score (nSPS) is 17.1. The van der Waals surface area contributed by atoms with Crippen LogP contribution in [0.25, 0.3) is 0 Å². The predicted octanol–water partition coefficient (Wildman–Crippen LogP) is 1.01. The number of nitrogens with one attached hydrogen (secondary N) is 1. The molecule has 1 fully saturated rings. The second-order valence-corrected chi connectivity index (χ2v) is 5.08. The SMILES string of the molecule is CC(N)c1ccc(NC(=O)N2CCN(C)C(=O)C2)cc1. The van der Waals surface area contributed by atoms with Crippen molar-refractivity contribution < 1.29 is 9.59 Å². The van der Waals surface area contributed by atoms with E-state index in [4.69, 9.17) is 5.73 Å². The monoisotopic (exact) mass is 276 g/mol. The quantitative estimate of drug-likeness (QED) is 0.846. The summed E-state index contributed by atoms with van der Waals surface area (Å²) in [5.41, 5.74) is 7.48. The highest BCUT2D eigenvalue weighted by Gasteiger charge is 2.24. The summed E-state index contributed by atoms with van der Waals surface area (Å²) in [5.74, 6) is -0.0429. The highest BCUT2D eigenvalue weighted by molar-refractivity contribution is 5.93. The molecule has 0 saturated carbocycles. The van der Waals surface area contributed by atoms with Gasteiger partial charge < -0.3 is 20.9 Å². The van der Waals surface area contributed by atoms with Crippen molar-refractivity contribution in [2.45, 2.75) is 13.0 Å². The Balaban J connectivity index is 1.96. The van der Waals surface area contributed by atoms with E-state index in [-0.39, 0.29) is 24.5 Å². The van der Waals surface area contributed by atoms with Crippen LogP contribution in [0.3, 0.4) is 0 Å². The number of piperazine rings is 1. The summed E-state index contributed by atoms with van der Waals surface area (Å²) in [5, 5.41) is 2.79. The van der Waals surface area contributed by atoms with Gasteiger partial charge in [-0.05, 0) is 24.6 Å². The topological polar surface area (TPSA) is 78.7 Å². The lowest BCUT2D eigenvalue weighted by Gasteiger charge is -2.31. The Labute approximate surface area is 118 Å². The van der Waals surface area contributed by atoms with Crippen LogP contribution in [0.2, 0.25) is 0 Å². The van der Waals surface area contributed by atoms with E-state index in [1.54, 1.807) is 11.9 Å². The van der Waals surface area contributed by atoms with E-state index in [1.807, 2.05) is 31.2 Å². The maximum absolute atomic E-state index is 12.1. The first kappa shape index (κ1) is 14.3. The average Bonchev–Trinajstić information content (AvgIpc) is 2.42. The third-order valence-corrected chi connectivity index (χ3v) is 3.43. The van der Waals surface area contributed by atoms with E-state index >= 15 is 0 Å². The molecule has 20 heavy (non-hydrogen) atoms. The zero-order valence-corrected chi connectivity index (χ0v) is 11.8. The van der Waals surface area contributed by atoms with Crippen molar-refractivity contribution in [3.05, 3.63) is 29.8 Å². The van der Waals surface area contributed by atoms with Gasteiger partial charge in [-0.3, -0.25) is 4.79 Å². The fourth-order valence-electron chi connectivity index (χ4n) is 2.00. The first-order valence-electron chi connectivity index (χ1n) is 6.63. The van der Waals surface area contributed by atoms with Crippen molar-refractivity contribution in [3.63, 3.8) is 0 Å². The molecule has 1 aromatic rings. The van der Waals surface area contributed by atoms with Gasteiger partial charge in [-0.1, -0.05) is 12.1 Å². The van der Waals surface area contributed by atoms with Gasteiger partial charge in [0.1, 0.15) is 6.54 Å². The van der Waals surface area contributed by atoms with Crippen LogP contribution in [0.5, 0.6) is 0 Å². The number of urea groups is 1. The summed E-state index contributed by atoms with van der Waals surface area (Å²) in [6.45, 7) is 3.14. The Hall–Kier alpha value is -2.08. The molecule has 1 heterocycles. The molecule has 108 valence electrons. The van der Waals surface area contributed by atoms with Crippen LogP contribution < -0.4 is 11.1 Å². The van der Waals surface area contributed by atoms with Crippen LogP contribution in [-0.2, 0) is 4.79 Å². The Kier molecular flexibility index (Phi) is 4.24. The number of carbonyl (C=O) groups is 2.